The van der Waals surface area contributed by atoms with Crippen molar-refractivity contribution in [1.82, 2.24) is 9.97 Å². The third-order valence-corrected chi connectivity index (χ3v) is 4.59. The molecule has 2 aromatic heterocycles. The van der Waals surface area contributed by atoms with Gasteiger partial charge in [-0.1, -0.05) is 12.1 Å². The molecule has 3 aromatic rings. The molecule has 3 rings (SSSR count). The third kappa shape index (κ3) is 1.86. The van der Waals surface area contributed by atoms with Crippen molar-refractivity contribution in [3.63, 3.8) is 0 Å². The second kappa shape index (κ2) is 4.52. The average Bonchev–Trinajstić information content (AvgIpc) is 2.68. The van der Waals surface area contributed by atoms with Gasteiger partial charge in [-0.25, -0.2) is 14.4 Å². The molecule has 102 valence electrons. The van der Waals surface area contributed by atoms with Crippen LogP contribution in [-0.4, -0.2) is 9.97 Å². The van der Waals surface area contributed by atoms with Gasteiger partial charge in [0, 0.05) is 4.88 Å². The Morgan fingerprint density at radius 2 is 1.90 bits per heavy atom. The number of nitrogens with zero attached hydrogens (tertiary/aromatic N) is 2. The molecule has 0 radical (unpaired) electrons. The molecule has 2 heterocycles. The predicted molar refractivity (Wildman–Crippen MR) is 81.4 cm³/mol. The van der Waals surface area contributed by atoms with Crippen LogP contribution in [0.25, 0.3) is 21.6 Å². The van der Waals surface area contributed by atoms with Crippen LogP contribution in [0.1, 0.15) is 16.0 Å². The molecule has 0 bridgehead atoms. The number of rotatable bonds is 1. The number of aryl methyl sites for hydroxylation is 3. The molecule has 1 aromatic carbocycles. The van der Waals surface area contributed by atoms with Gasteiger partial charge < -0.3 is 5.73 Å². The Labute approximate surface area is 120 Å². The zero-order valence-corrected chi connectivity index (χ0v) is 12.3. The maximum Gasteiger partial charge on any atom is 0.166 e. The topological polar surface area (TPSA) is 51.8 Å². The van der Waals surface area contributed by atoms with Crippen molar-refractivity contribution < 1.29 is 4.39 Å². The first kappa shape index (κ1) is 13.0. The minimum Gasteiger partial charge on any atom is -0.383 e. The van der Waals surface area contributed by atoms with Crippen molar-refractivity contribution in [2.24, 2.45) is 0 Å². The summed E-state index contributed by atoms with van der Waals surface area (Å²) >= 11 is 1.56. The molecule has 0 fully saturated rings. The zero-order chi connectivity index (χ0) is 14.4. The van der Waals surface area contributed by atoms with E-state index < -0.39 is 0 Å². The van der Waals surface area contributed by atoms with Crippen molar-refractivity contribution in [1.29, 1.82) is 0 Å². The van der Waals surface area contributed by atoms with E-state index in [1.165, 1.54) is 0 Å². The van der Waals surface area contributed by atoms with Crippen LogP contribution in [0.2, 0.25) is 0 Å². The lowest BCUT2D eigenvalue weighted by Crippen LogP contribution is -1.99. The highest BCUT2D eigenvalue weighted by molar-refractivity contribution is 7.18. The highest BCUT2D eigenvalue weighted by Gasteiger charge is 2.16. The van der Waals surface area contributed by atoms with E-state index >= 15 is 0 Å². The smallest absolute Gasteiger partial charge is 0.166 e. The van der Waals surface area contributed by atoms with E-state index in [2.05, 4.69) is 9.97 Å². The Balaban J connectivity index is 2.30. The van der Waals surface area contributed by atoms with Gasteiger partial charge >= 0.3 is 0 Å². The Bertz CT molecular complexity index is 824. The average molecular weight is 287 g/mol. The molecule has 3 nitrogen and oxygen atoms in total. The van der Waals surface area contributed by atoms with Gasteiger partial charge in [0.2, 0.25) is 0 Å². The first-order valence-corrected chi connectivity index (χ1v) is 7.09. The summed E-state index contributed by atoms with van der Waals surface area (Å²) in [6, 6.07) is 5.19. The van der Waals surface area contributed by atoms with Gasteiger partial charge in [-0.3, -0.25) is 0 Å². The molecule has 2 N–H and O–H groups in total. The highest BCUT2D eigenvalue weighted by atomic mass is 32.1. The van der Waals surface area contributed by atoms with E-state index in [0.717, 1.165) is 20.7 Å². The molecule has 0 spiro atoms. The number of nitrogens with two attached hydrogens (primary N) is 1. The third-order valence-electron chi connectivity index (χ3n) is 3.49. The lowest BCUT2D eigenvalue weighted by molar-refractivity contribution is 0.621. The van der Waals surface area contributed by atoms with E-state index in [4.69, 9.17) is 5.73 Å². The number of thiophene rings is 1. The van der Waals surface area contributed by atoms with E-state index in [-0.39, 0.29) is 5.82 Å². The number of nitrogen functional groups attached to an aromatic ring is 1. The monoisotopic (exact) mass is 287 g/mol. The summed E-state index contributed by atoms with van der Waals surface area (Å²) in [5, 5.41) is 0.879. The standard InChI is InChI=1S/C15H14FN3S/c1-7-5-4-6-10(12(7)16)14-18-13(17)11-8(2)9(3)20-15(11)19-14/h4-6H,1-3H3,(H2,17,18,19). The quantitative estimate of drug-likeness (QED) is 0.736. The molecular weight excluding hydrogens is 273 g/mol. The number of fused-ring (bicyclic) bond motifs is 1. The number of anilines is 1. The predicted octanol–water partition coefficient (Wildman–Crippen LogP) is 4.00. The number of hydrogen-bond acceptors (Lipinski definition) is 4. The molecule has 20 heavy (non-hydrogen) atoms. The van der Waals surface area contributed by atoms with Crippen LogP contribution < -0.4 is 5.73 Å². The highest BCUT2D eigenvalue weighted by Crippen LogP contribution is 2.34. The summed E-state index contributed by atoms with van der Waals surface area (Å²) in [6.45, 7) is 5.75. The van der Waals surface area contributed by atoms with Crippen molar-refractivity contribution in [3.8, 4) is 11.4 Å². The van der Waals surface area contributed by atoms with Gasteiger partial charge in [-0.05, 0) is 38.0 Å². The fraction of sp³-hybridized carbons (Fsp3) is 0.200. The van der Waals surface area contributed by atoms with Crippen LogP contribution >= 0.6 is 11.3 Å². The molecule has 5 heteroatoms. The Kier molecular flexibility index (Phi) is 2.94. The first-order chi connectivity index (χ1) is 9.49. The van der Waals surface area contributed by atoms with Crippen LogP contribution in [-0.2, 0) is 0 Å². The van der Waals surface area contributed by atoms with Gasteiger partial charge in [0.05, 0.1) is 10.9 Å². The van der Waals surface area contributed by atoms with Gasteiger partial charge in [-0.2, -0.15) is 0 Å². The van der Waals surface area contributed by atoms with Crippen LogP contribution in [0.3, 0.4) is 0 Å². The summed E-state index contributed by atoms with van der Waals surface area (Å²) in [5.41, 5.74) is 8.09. The fourth-order valence-electron chi connectivity index (χ4n) is 2.22. The Morgan fingerprint density at radius 3 is 2.65 bits per heavy atom. The van der Waals surface area contributed by atoms with Crippen LogP contribution in [0, 0.1) is 26.6 Å². The van der Waals surface area contributed by atoms with Crippen LogP contribution in [0.5, 0.6) is 0 Å². The molecule has 0 aliphatic heterocycles. The van der Waals surface area contributed by atoms with Gasteiger partial charge in [0.15, 0.2) is 5.82 Å². The summed E-state index contributed by atoms with van der Waals surface area (Å²) in [4.78, 5) is 10.7. The van der Waals surface area contributed by atoms with Crippen LogP contribution in [0.15, 0.2) is 18.2 Å². The molecule has 0 aliphatic rings. The second-order valence-electron chi connectivity index (χ2n) is 4.83. The Morgan fingerprint density at radius 1 is 1.15 bits per heavy atom. The Hall–Kier alpha value is -2.01. The number of hydrogen-bond donors (Lipinski definition) is 1. The summed E-state index contributed by atoms with van der Waals surface area (Å²) < 4.78 is 14.2. The van der Waals surface area contributed by atoms with Gasteiger partial charge in [0.25, 0.3) is 0 Å². The summed E-state index contributed by atoms with van der Waals surface area (Å²) in [7, 11) is 0. The zero-order valence-electron chi connectivity index (χ0n) is 11.5. The second-order valence-corrected chi connectivity index (χ2v) is 6.04. The lowest BCUT2D eigenvalue weighted by atomic mass is 10.1. The summed E-state index contributed by atoms with van der Waals surface area (Å²) in [6.07, 6.45) is 0. The minimum atomic E-state index is -0.295. The lowest BCUT2D eigenvalue weighted by Gasteiger charge is -2.06. The van der Waals surface area contributed by atoms with Crippen molar-refractivity contribution in [2.75, 3.05) is 5.73 Å². The SMILES string of the molecule is Cc1cccc(-c2nc(N)c3c(C)c(C)sc3n2)c1F. The maximum absolute atomic E-state index is 14.2. The number of halogens is 1. The molecule has 0 atom stereocenters. The maximum atomic E-state index is 14.2. The number of aromatic nitrogens is 2. The van der Waals surface area contributed by atoms with Gasteiger partial charge in [0.1, 0.15) is 16.5 Å². The normalized spacial score (nSPS) is 11.2. The molecule has 0 saturated carbocycles. The number of benzene rings is 1. The van der Waals surface area contributed by atoms with Crippen molar-refractivity contribution in [2.45, 2.75) is 20.8 Å². The van der Waals surface area contributed by atoms with E-state index in [0.29, 0.717) is 22.8 Å². The van der Waals surface area contributed by atoms with Crippen molar-refractivity contribution >= 4 is 27.4 Å². The molecule has 0 aliphatic carbocycles. The largest absolute Gasteiger partial charge is 0.383 e. The van der Waals surface area contributed by atoms with Gasteiger partial charge in [-0.15, -0.1) is 11.3 Å². The summed E-state index contributed by atoms with van der Waals surface area (Å²) in [5.74, 6) is 0.460. The fourth-order valence-corrected chi connectivity index (χ4v) is 3.26. The molecular formula is C15H14FN3S. The minimum absolute atomic E-state index is 0.295. The first-order valence-electron chi connectivity index (χ1n) is 6.27. The van der Waals surface area contributed by atoms with E-state index in [1.807, 2.05) is 13.8 Å². The molecule has 0 amide bonds. The van der Waals surface area contributed by atoms with E-state index in [1.54, 1.807) is 36.5 Å². The van der Waals surface area contributed by atoms with Crippen LogP contribution in [0.4, 0.5) is 10.2 Å². The molecule has 0 unspecified atom stereocenters. The van der Waals surface area contributed by atoms with Crippen molar-refractivity contribution in [3.05, 3.63) is 40.0 Å². The van der Waals surface area contributed by atoms with E-state index in [9.17, 15) is 4.39 Å². The molecule has 0 saturated heterocycles.